The zero-order valence-corrected chi connectivity index (χ0v) is 12.1. The van der Waals surface area contributed by atoms with Crippen LogP contribution >= 0.6 is 10.7 Å². The molecular formula is C11H13ClN4O2S. The summed E-state index contributed by atoms with van der Waals surface area (Å²) in [6, 6.07) is 3.62. The number of hydrogen-bond acceptors (Lipinski definition) is 5. The standard InChI is InChI=1S/C11H13ClN4O2S/c1-8(2)16-11(9-3-5-13-6-4-9)10(14-15-16)7-19(12,17)18/h3-6,8H,7H2,1-2H3. The minimum atomic E-state index is -3.68. The van der Waals surface area contributed by atoms with E-state index in [1.165, 1.54) is 0 Å². The third-order valence-corrected chi connectivity index (χ3v) is 3.46. The van der Waals surface area contributed by atoms with Crippen molar-refractivity contribution in [3.63, 3.8) is 0 Å². The van der Waals surface area contributed by atoms with Crippen LogP contribution < -0.4 is 0 Å². The molecule has 0 saturated heterocycles. The van der Waals surface area contributed by atoms with Gasteiger partial charge in [-0.25, -0.2) is 13.1 Å². The van der Waals surface area contributed by atoms with Gasteiger partial charge in [0.1, 0.15) is 11.4 Å². The molecule has 0 saturated carbocycles. The van der Waals surface area contributed by atoms with Gasteiger partial charge in [-0.2, -0.15) is 0 Å². The molecule has 0 atom stereocenters. The highest BCUT2D eigenvalue weighted by Gasteiger charge is 2.20. The average molecular weight is 301 g/mol. The maximum Gasteiger partial charge on any atom is 0.238 e. The number of halogens is 1. The zero-order valence-electron chi connectivity index (χ0n) is 10.5. The van der Waals surface area contributed by atoms with Crippen LogP contribution in [0.3, 0.4) is 0 Å². The van der Waals surface area contributed by atoms with Gasteiger partial charge in [0.15, 0.2) is 0 Å². The van der Waals surface area contributed by atoms with Gasteiger partial charge in [0.2, 0.25) is 9.05 Å². The molecule has 6 nitrogen and oxygen atoms in total. The second-order valence-corrected chi connectivity index (χ2v) is 7.12. The Bertz CT molecular complexity index is 667. The van der Waals surface area contributed by atoms with Gasteiger partial charge in [-0.3, -0.25) is 4.98 Å². The number of nitrogens with zero attached hydrogens (tertiary/aromatic N) is 4. The Hall–Kier alpha value is -1.47. The third-order valence-electron chi connectivity index (χ3n) is 2.52. The summed E-state index contributed by atoms with van der Waals surface area (Å²) >= 11 is 0. The average Bonchev–Trinajstić information content (AvgIpc) is 2.71. The molecule has 102 valence electrons. The number of rotatable bonds is 4. The lowest BCUT2D eigenvalue weighted by atomic mass is 10.1. The monoisotopic (exact) mass is 300 g/mol. The van der Waals surface area contributed by atoms with Crippen LogP contribution in [0.2, 0.25) is 0 Å². The fraction of sp³-hybridized carbons (Fsp3) is 0.364. The first-order chi connectivity index (χ1) is 8.88. The molecule has 8 heteroatoms. The Labute approximate surface area is 115 Å². The molecule has 0 aliphatic rings. The van der Waals surface area contributed by atoms with E-state index in [1.54, 1.807) is 29.2 Å². The summed E-state index contributed by atoms with van der Waals surface area (Å²) in [4.78, 5) is 3.94. The first-order valence-electron chi connectivity index (χ1n) is 5.65. The smallest absolute Gasteiger partial charge is 0.238 e. The van der Waals surface area contributed by atoms with Crippen LogP contribution in [0, 0.1) is 0 Å². The van der Waals surface area contributed by atoms with E-state index < -0.39 is 9.05 Å². The molecule has 0 bridgehead atoms. The van der Waals surface area contributed by atoms with Crippen LogP contribution in [0.4, 0.5) is 0 Å². The molecule has 2 heterocycles. The molecule has 0 fully saturated rings. The van der Waals surface area contributed by atoms with Gasteiger partial charge >= 0.3 is 0 Å². The second kappa shape index (κ2) is 5.26. The van der Waals surface area contributed by atoms with Crippen molar-refractivity contribution in [2.45, 2.75) is 25.6 Å². The van der Waals surface area contributed by atoms with Gasteiger partial charge in [-0.1, -0.05) is 5.21 Å². The van der Waals surface area contributed by atoms with Crippen LogP contribution in [0.15, 0.2) is 24.5 Å². The second-order valence-electron chi connectivity index (χ2n) is 4.34. The van der Waals surface area contributed by atoms with Crippen molar-refractivity contribution in [3.8, 4) is 11.3 Å². The van der Waals surface area contributed by atoms with E-state index in [0.29, 0.717) is 11.4 Å². The summed E-state index contributed by atoms with van der Waals surface area (Å²) in [5.74, 6) is -0.348. The van der Waals surface area contributed by atoms with Crippen molar-refractivity contribution >= 4 is 19.7 Å². The van der Waals surface area contributed by atoms with Crippen molar-refractivity contribution in [1.29, 1.82) is 0 Å². The van der Waals surface area contributed by atoms with E-state index >= 15 is 0 Å². The Kier molecular flexibility index (Phi) is 3.86. The van der Waals surface area contributed by atoms with E-state index in [4.69, 9.17) is 10.7 Å². The fourth-order valence-electron chi connectivity index (χ4n) is 1.76. The SMILES string of the molecule is CC(C)n1nnc(CS(=O)(=O)Cl)c1-c1ccncc1. The van der Waals surface area contributed by atoms with E-state index in [9.17, 15) is 8.42 Å². The van der Waals surface area contributed by atoms with E-state index in [2.05, 4.69) is 15.3 Å². The quantitative estimate of drug-likeness (QED) is 0.807. The molecule has 2 rings (SSSR count). The molecule has 0 aliphatic carbocycles. The van der Waals surface area contributed by atoms with Gasteiger partial charge in [-0.15, -0.1) is 5.10 Å². The normalized spacial score (nSPS) is 12.0. The maximum absolute atomic E-state index is 11.2. The topological polar surface area (TPSA) is 77.7 Å². The minimum absolute atomic E-state index is 0.0578. The summed E-state index contributed by atoms with van der Waals surface area (Å²) < 4.78 is 24.2. The first-order valence-corrected chi connectivity index (χ1v) is 8.13. The molecule has 0 radical (unpaired) electrons. The summed E-state index contributed by atoms with van der Waals surface area (Å²) in [6.07, 6.45) is 3.26. The molecule has 0 amide bonds. The van der Waals surface area contributed by atoms with E-state index in [1.807, 2.05) is 13.8 Å². The van der Waals surface area contributed by atoms with Gasteiger partial charge in [-0.05, 0) is 26.0 Å². The van der Waals surface area contributed by atoms with Crippen molar-refractivity contribution < 1.29 is 8.42 Å². The number of hydrogen-bond donors (Lipinski definition) is 0. The predicted octanol–water partition coefficient (Wildman–Crippen LogP) is 1.99. The summed E-state index contributed by atoms with van der Waals surface area (Å²) in [7, 11) is 1.62. The highest BCUT2D eigenvalue weighted by Crippen LogP contribution is 2.26. The van der Waals surface area contributed by atoms with Crippen molar-refractivity contribution in [2.24, 2.45) is 0 Å². The molecule has 19 heavy (non-hydrogen) atoms. The van der Waals surface area contributed by atoms with Gasteiger partial charge in [0.05, 0.1) is 5.69 Å². The summed E-state index contributed by atoms with van der Waals surface area (Å²) in [5, 5.41) is 7.93. The molecule has 0 N–H and O–H groups in total. The zero-order chi connectivity index (χ0) is 14.0. The van der Waals surface area contributed by atoms with E-state index in [0.717, 1.165) is 5.56 Å². The minimum Gasteiger partial charge on any atom is -0.265 e. The lowest BCUT2D eigenvalue weighted by molar-refractivity contribution is 0.519. The molecule has 2 aromatic rings. The van der Waals surface area contributed by atoms with Crippen LogP contribution in [0.25, 0.3) is 11.3 Å². The maximum atomic E-state index is 11.2. The van der Waals surface area contributed by atoms with Crippen LogP contribution in [0.5, 0.6) is 0 Å². The summed E-state index contributed by atoms with van der Waals surface area (Å²) in [5.41, 5.74) is 1.81. The number of aromatic nitrogens is 4. The molecule has 0 unspecified atom stereocenters. The fourth-order valence-corrected chi connectivity index (χ4v) is 2.59. The predicted molar refractivity (Wildman–Crippen MR) is 72.1 cm³/mol. The molecular weight excluding hydrogens is 288 g/mol. The van der Waals surface area contributed by atoms with Crippen molar-refractivity contribution in [3.05, 3.63) is 30.2 Å². The summed E-state index contributed by atoms with van der Waals surface area (Å²) in [6.45, 7) is 3.89. The number of pyridine rings is 1. The Morgan fingerprint density at radius 1 is 1.32 bits per heavy atom. The Morgan fingerprint density at radius 3 is 2.47 bits per heavy atom. The molecule has 0 aliphatic heterocycles. The van der Waals surface area contributed by atoms with Crippen molar-refractivity contribution in [1.82, 2.24) is 20.0 Å². The van der Waals surface area contributed by atoms with Gasteiger partial charge < -0.3 is 0 Å². The van der Waals surface area contributed by atoms with Gasteiger partial charge in [0, 0.05) is 34.7 Å². The van der Waals surface area contributed by atoms with Gasteiger partial charge in [0.25, 0.3) is 0 Å². The largest absolute Gasteiger partial charge is 0.265 e. The van der Waals surface area contributed by atoms with E-state index in [-0.39, 0.29) is 11.8 Å². The lowest BCUT2D eigenvalue weighted by Crippen LogP contribution is -2.06. The lowest BCUT2D eigenvalue weighted by Gasteiger charge is -2.10. The Balaban J connectivity index is 2.58. The third kappa shape index (κ3) is 3.30. The first kappa shape index (κ1) is 14.0. The molecule has 0 aromatic carbocycles. The highest BCUT2D eigenvalue weighted by atomic mass is 35.7. The van der Waals surface area contributed by atoms with Crippen molar-refractivity contribution in [2.75, 3.05) is 0 Å². The van der Waals surface area contributed by atoms with Crippen LogP contribution in [-0.2, 0) is 14.8 Å². The molecule has 0 spiro atoms. The highest BCUT2D eigenvalue weighted by molar-refractivity contribution is 8.13. The van der Waals surface area contributed by atoms with Crippen LogP contribution in [0.1, 0.15) is 25.6 Å². The molecule has 2 aromatic heterocycles. The van der Waals surface area contributed by atoms with Crippen LogP contribution in [-0.4, -0.2) is 28.4 Å². The Morgan fingerprint density at radius 2 is 1.95 bits per heavy atom.